The molecule has 6 heteroatoms. The van der Waals surface area contributed by atoms with Crippen LogP contribution in [0.2, 0.25) is 0 Å². The molecule has 0 radical (unpaired) electrons. The molecule has 1 atom stereocenters. The molecule has 0 saturated heterocycles. The van der Waals surface area contributed by atoms with Crippen molar-refractivity contribution in [3.05, 3.63) is 72.9 Å². The zero-order valence-electron chi connectivity index (χ0n) is 51.9. The summed E-state index contributed by atoms with van der Waals surface area (Å²) in [5.41, 5.74) is 0. The number of unbranched alkanes of at least 4 members (excludes halogenated alkanes) is 39. The van der Waals surface area contributed by atoms with E-state index in [1.54, 1.807) is 0 Å². The first-order valence-corrected chi connectivity index (χ1v) is 33.9. The second-order valence-electron chi connectivity index (χ2n) is 22.7. The first-order chi connectivity index (χ1) is 38.5. The van der Waals surface area contributed by atoms with Crippen LogP contribution in [0.1, 0.15) is 348 Å². The quantitative estimate of drug-likeness (QED) is 0.0261. The van der Waals surface area contributed by atoms with Crippen LogP contribution in [0.4, 0.5) is 0 Å². The molecule has 452 valence electrons. The molecule has 1 unspecified atom stereocenters. The summed E-state index contributed by atoms with van der Waals surface area (Å²) in [6, 6.07) is 0. The van der Waals surface area contributed by atoms with Crippen LogP contribution in [-0.2, 0) is 28.6 Å². The minimum atomic E-state index is -0.773. The van der Waals surface area contributed by atoms with Gasteiger partial charge in [-0.3, -0.25) is 14.4 Å². The number of rotatable bonds is 62. The third kappa shape index (κ3) is 63.7. The number of ether oxygens (including phenoxy) is 3. The summed E-state index contributed by atoms with van der Waals surface area (Å²) in [4.78, 5) is 38.2. The standard InChI is InChI=1S/C72H128O6/c1-4-7-10-13-16-19-21-23-25-27-29-31-33-34-35-36-37-38-40-41-43-45-47-49-51-53-56-59-62-65-71(74)77-68-69(67-76-70(73)64-61-58-55-18-15-12-9-6-3)78-72(75)66-63-60-57-54-52-50-48-46-44-42-39-32-30-28-26-24-22-20-17-14-11-8-5-2/h7,10,16,19,23,25,28-31,34-35,69H,4-6,8-9,11-15,17-18,20-22,24,26-27,32-33,36-68H2,1-3H3/b10-7-,19-16-,25-23-,30-28-,31-29-,35-34-. The fourth-order valence-electron chi connectivity index (χ4n) is 9.88. The van der Waals surface area contributed by atoms with Gasteiger partial charge < -0.3 is 14.2 Å². The lowest BCUT2D eigenvalue weighted by molar-refractivity contribution is -0.167. The Hall–Kier alpha value is -3.15. The summed E-state index contributed by atoms with van der Waals surface area (Å²) < 4.78 is 16.9. The topological polar surface area (TPSA) is 78.9 Å². The Morgan fingerprint density at radius 3 is 0.795 bits per heavy atom. The van der Waals surface area contributed by atoms with Crippen molar-refractivity contribution >= 4 is 17.9 Å². The van der Waals surface area contributed by atoms with E-state index < -0.39 is 6.10 Å². The average molecular weight is 1090 g/mol. The van der Waals surface area contributed by atoms with Crippen LogP contribution in [0.5, 0.6) is 0 Å². The fourth-order valence-corrected chi connectivity index (χ4v) is 9.88. The molecule has 0 aromatic heterocycles. The zero-order chi connectivity index (χ0) is 56.4. The van der Waals surface area contributed by atoms with Gasteiger partial charge in [0, 0.05) is 19.3 Å². The maximum absolute atomic E-state index is 12.9. The summed E-state index contributed by atoms with van der Waals surface area (Å²) in [7, 11) is 0. The zero-order valence-corrected chi connectivity index (χ0v) is 51.9. The monoisotopic (exact) mass is 1090 g/mol. The van der Waals surface area contributed by atoms with Crippen molar-refractivity contribution in [1.29, 1.82) is 0 Å². The van der Waals surface area contributed by atoms with E-state index in [0.29, 0.717) is 19.3 Å². The van der Waals surface area contributed by atoms with Gasteiger partial charge in [-0.2, -0.15) is 0 Å². The van der Waals surface area contributed by atoms with Crippen LogP contribution in [0.15, 0.2) is 72.9 Å². The Kier molecular flexibility index (Phi) is 63.7. The summed E-state index contributed by atoms with van der Waals surface area (Å²) in [6.07, 6.45) is 86.5. The number of carbonyl (C=O) groups excluding carboxylic acids is 3. The summed E-state index contributed by atoms with van der Waals surface area (Å²) in [5.74, 6) is -0.860. The highest BCUT2D eigenvalue weighted by molar-refractivity contribution is 5.71. The molecule has 0 N–H and O–H groups in total. The Balaban J connectivity index is 4.12. The van der Waals surface area contributed by atoms with Crippen molar-refractivity contribution in [3.8, 4) is 0 Å². The van der Waals surface area contributed by atoms with E-state index >= 15 is 0 Å². The van der Waals surface area contributed by atoms with Crippen molar-refractivity contribution in [1.82, 2.24) is 0 Å². The number of hydrogen-bond acceptors (Lipinski definition) is 6. The molecule has 0 rings (SSSR count). The third-order valence-corrected chi connectivity index (χ3v) is 14.9. The predicted octanol–water partition coefficient (Wildman–Crippen LogP) is 23.3. The van der Waals surface area contributed by atoms with E-state index in [-0.39, 0.29) is 31.1 Å². The van der Waals surface area contributed by atoms with Gasteiger partial charge in [0.2, 0.25) is 0 Å². The minimum absolute atomic E-state index is 0.0717. The van der Waals surface area contributed by atoms with Gasteiger partial charge >= 0.3 is 17.9 Å². The van der Waals surface area contributed by atoms with E-state index in [1.165, 1.54) is 218 Å². The molecule has 0 bridgehead atoms. The lowest BCUT2D eigenvalue weighted by Gasteiger charge is -2.18. The van der Waals surface area contributed by atoms with Gasteiger partial charge in [0.15, 0.2) is 6.10 Å². The molecule has 6 nitrogen and oxygen atoms in total. The van der Waals surface area contributed by atoms with Gasteiger partial charge in [0.1, 0.15) is 13.2 Å². The normalized spacial score (nSPS) is 12.5. The molecule has 0 aliphatic carbocycles. The fraction of sp³-hybridized carbons (Fsp3) is 0.792. The van der Waals surface area contributed by atoms with Crippen LogP contribution in [0.3, 0.4) is 0 Å². The maximum Gasteiger partial charge on any atom is 0.306 e. The second-order valence-corrected chi connectivity index (χ2v) is 22.7. The van der Waals surface area contributed by atoms with E-state index in [0.717, 1.165) is 89.9 Å². The molecule has 0 saturated carbocycles. The van der Waals surface area contributed by atoms with Gasteiger partial charge in [-0.05, 0) is 89.9 Å². The summed E-state index contributed by atoms with van der Waals surface area (Å²) in [6.45, 7) is 6.54. The third-order valence-electron chi connectivity index (χ3n) is 14.9. The van der Waals surface area contributed by atoms with Crippen molar-refractivity contribution in [2.45, 2.75) is 354 Å². The van der Waals surface area contributed by atoms with Crippen LogP contribution in [0, 0.1) is 0 Å². The number of carbonyl (C=O) groups is 3. The molecule has 0 aromatic carbocycles. The van der Waals surface area contributed by atoms with E-state index in [2.05, 4.69) is 93.7 Å². The Morgan fingerprint density at radius 2 is 0.500 bits per heavy atom. The second kappa shape index (κ2) is 66.4. The van der Waals surface area contributed by atoms with Crippen molar-refractivity contribution < 1.29 is 28.6 Å². The summed E-state index contributed by atoms with van der Waals surface area (Å²) in [5, 5.41) is 0. The number of hydrogen-bond donors (Lipinski definition) is 0. The first kappa shape index (κ1) is 74.8. The number of esters is 3. The molecule has 0 spiro atoms. The van der Waals surface area contributed by atoms with Gasteiger partial charge in [-0.25, -0.2) is 0 Å². The van der Waals surface area contributed by atoms with Gasteiger partial charge in [-0.1, -0.05) is 312 Å². The predicted molar refractivity (Wildman–Crippen MR) is 339 cm³/mol. The Morgan fingerprint density at radius 1 is 0.269 bits per heavy atom. The van der Waals surface area contributed by atoms with Crippen LogP contribution in [-0.4, -0.2) is 37.2 Å². The average Bonchev–Trinajstić information content (AvgIpc) is 3.44. The lowest BCUT2D eigenvalue weighted by Crippen LogP contribution is -2.30. The lowest BCUT2D eigenvalue weighted by atomic mass is 10.0. The molecule has 0 amide bonds. The number of allylic oxidation sites excluding steroid dienone is 12. The Labute approximate surface area is 484 Å². The van der Waals surface area contributed by atoms with E-state index in [9.17, 15) is 14.4 Å². The molecule has 0 heterocycles. The van der Waals surface area contributed by atoms with Crippen LogP contribution in [0.25, 0.3) is 0 Å². The summed E-state index contributed by atoms with van der Waals surface area (Å²) >= 11 is 0. The van der Waals surface area contributed by atoms with Crippen LogP contribution >= 0.6 is 0 Å². The SMILES string of the molecule is CC/C=C\C/C=C\C/C=C\C/C=C\C/C=C\CCCCCCCCCCCCCCCC(=O)OCC(COC(=O)CCCCCCCCCC)OC(=O)CCCCCCCCCCCCC/C=C\CCCCCCCCCC. The molecule has 78 heavy (non-hydrogen) atoms. The molecule has 0 aromatic rings. The largest absolute Gasteiger partial charge is 0.462 e. The highest BCUT2D eigenvalue weighted by Gasteiger charge is 2.19. The van der Waals surface area contributed by atoms with Crippen LogP contribution < -0.4 is 0 Å². The Bertz CT molecular complexity index is 1440. The first-order valence-electron chi connectivity index (χ1n) is 33.9. The van der Waals surface area contributed by atoms with Crippen molar-refractivity contribution in [2.75, 3.05) is 13.2 Å². The molecular formula is C72H128O6. The van der Waals surface area contributed by atoms with E-state index in [4.69, 9.17) is 14.2 Å². The minimum Gasteiger partial charge on any atom is -0.462 e. The van der Waals surface area contributed by atoms with Crippen molar-refractivity contribution in [2.24, 2.45) is 0 Å². The molecule has 0 aliphatic heterocycles. The highest BCUT2D eigenvalue weighted by Crippen LogP contribution is 2.17. The van der Waals surface area contributed by atoms with Gasteiger partial charge in [0.25, 0.3) is 0 Å². The van der Waals surface area contributed by atoms with Crippen molar-refractivity contribution in [3.63, 3.8) is 0 Å². The molecule has 0 aliphatic rings. The van der Waals surface area contributed by atoms with Gasteiger partial charge in [0.05, 0.1) is 0 Å². The molecular weight excluding hydrogens is 961 g/mol. The highest BCUT2D eigenvalue weighted by atomic mass is 16.6. The molecule has 0 fully saturated rings. The maximum atomic E-state index is 12.9. The van der Waals surface area contributed by atoms with Gasteiger partial charge in [-0.15, -0.1) is 0 Å². The van der Waals surface area contributed by atoms with E-state index in [1.807, 2.05) is 0 Å². The smallest absolute Gasteiger partial charge is 0.306 e.